The second kappa shape index (κ2) is 16.0. The number of likely N-dealkylation sites (tertiary alicyclic amines) is 1. The molecule has 1 N–H and O–H groups in total. The summed E-state index contributed by atoms with van der Waals surface area (Å²) in [5.41, 5.74) is 9.95. The Balaban J connectivity index is 0.000000165. The highest BCUT2D eigenvalue weighted by molar-refractivity contribution is 5.66. The van der Waals surface area contributed by atoms with Crippen LogP contribution in [0.1, 0.15) is 146 Å². The van der Waals surface area contributed by atoms with E-state index in [9.17, 15) is 5.11 Å². The molecule has 5 heteroatoms. The molecule has 3 aromatic carbocycles. The smallest absolute Gasteiger partial charge is 0.139 e. The van der Waals surface area contributed by atoms with Gasteiger partial charge in [-0.1, -0.05) is 83.1 Å². The number of hydrogen-bond donors (Lipinski definition) is 1. The maximum atomic E-state index is 9.95. The van der Waals surface area contributed by atoms with E-state index in [2.05, 4.69) is 171 Å². The van der Waals surface area contributed by atoms with Gasteiger partial charge >= 0.3 is 0 Å². The van der Waals surface area contributed by atoms with Crippen molar-refractivity contribution in [3.8, 4) is 5.75 Å². The van der Waals surface area contributed by atoms with Crippen LogP contribution in [-0.2, 0) is 17.3 Å². The van der Waals surface area contributed by atoms with Gasteiger partial charge in [0.25, 0.3) is 0 Å². The fraction of sp³-hybridized carbons (Fsp3) is 0.640. The molecule has 3 aromatic rings. The van der Waals surface area contributed by atoms with Gasteiger partial charge in [-0.3, -0.25) is 0 Å². The van der Waals surface area contributed by atoms with Crippen molar-refractivity contribution in [3.63, 3.8) is 0 Å². The van der Waals surface area contributed by atoms with Crippen LogP contribution in [0.15, 0.2) is 66.7 Å². The number of phenolic OH excluding ortho intramolecular Hbond substituents is 1. The van der Waals surface area contributed by atoms with Crippen molar-refractivity contribution in [2.45, 2.75) is 163 Å². The third-order valence-corrected chi connectivity index (χ3v) is 12.6. The molecule has 55 heavy (non-hydrogen) atoms. The van der Waals surface area contributed by atoms with Crippen molar-refractivity contribution in [2.24, 2.45) is 5.41 Å². The standard InChI is InChI=1S/C22H36N2.C15H23N.C13H19NO/c1-20(2,3)17-23-14-11-22(12-15-23)13-16-24(21(4,5)6)19-10-8-7-9-18(19)22;1-14(2,3)16-11-10-15(4,5)12-8-6-7-9-13(12)16;1-13(2,3)14-9-5-7-10-6-4-8-11(15)12(10)14/h7-10H,11-17H2,1-6H3;6-9H,10-11H2,1-5H3;4,6,8,15H,5,7,9H2,1-3H3. The van der Waals surface area contributed by atoms with Crippen LogP contribution in [0.2, 0.25) is 0 Å². The monoisotopic (exact) mass is 751 g/mol. The molecule has 304 valence electrons. The Morgan fingerprint density at radius 2 is 1.04 bits per heavy atom. The van der Waals surface area contributed by atoms with E-state index in [1.807, 2.05) is 6.07 Å². The van der Waals surface area contributed by atoms with E-state index in [-0.39, 0.29) is 16.6 Å². The summed E-state index contributed by atoms with van der Waals surface area (Å²) in [6.45, 7) is 39.4. The molecule has 4 heterocycles. The van der Waals surface area contributed by atoms with Crippen LogP contribution in [-0.4, -0.2) is 65.9 Å². The van der Waals surface area contributed by atoms with Gasteiger partial charge in [0.05, 0.1) is 5.69 Å². The summed E-state index contributed by atoms with van der Waals surface area (Å²) >= 11 is 0. The van der Waals surface area contributed by atoms with Crippen molar-refractivity contribution < 1.29 is 5.11 Å². The summed E-state index contributed by atoms with van der Waals surface area (Å²) in [7, 11) is 0. The highest BCUT2D eigenvalue weighted by Crippen LogP contribution is 2.48. The number of benzene rings is 3. The van der Waals surface area contributed by atoms with Gasteiger partial charge in [-0.25, -0.2) is 0 Å². The van der Waals surface area contributed by atoms with Gasteiger partial charge in [0.2, 0.25) is 0 Å². The highest BCUT2D eigenvalue weighted by atomic mass is 16.3. The Hall–Kier alpha value is -3.18. The third-order valence-electron chi connectivity index (χ3n) is 12.6. The molecular weight excluding hydrogens is 673 g/mol. The van der Waals surface area contributed by atoms with Gasteiger partial charge in [0.1, 0.15) is 5.75 Å². The number of fused-ring (bicyclic) bond motifs is 4. The maximum Gasteiger partial charge on any atom is 0.139 e. The van der Waals surface area contributed by atoms with Crippen LogP contribution in [0.4, 0.5) is 17.1 Å². The number of rotatable bonds is 1. The lowest BCUT2D eigenvalue weighted by atomic mass is 9.67. The Kier molecular flexibility index (Phi) is 12.5. The third kappa shape index (κ3) is 10.0. The zero-order valence-corrected chi connectivity index (χ0v) is 37.6. The second-order valence-electron chi connectivity index (χ2n) is 21.9. The van der Waals surface area contributed by atoms with Crippen LogP contribution in [0, 0.1) is 5.41 Å². The van der Waals surface area contributed by atoms with E-state index in [1.54, 1.807) is 11.6 Å². The molecular formula is C50H78N4O. The first-order chi connectivity index (χ1) is 25.4. The Bertz CT molecular complexity index is 1720. The molecule has 0 unspecified atom stereocenters. The van der Waals surface area contributed by atoms with E-state index >= 15 is 0 Å². The van der Waals surface area contributed by atoms with E-state index in [1.165, 1.54) is 80.8 Å². The Morgan fingerprint density at radius 1 is 0.545 bits per heavy atom. The van der Waals surface area contributed by atoms with Crippen LogP contribution in [0.5, 0.6) is 5.75 Å². The number of anilines is 3. The molecule has 5 nitrogen and oxygen atoms in total. The Morgan fingerprint density at radius 3 is 1.58 bits per heavy atom. The minimum Gasteiger partial charge on any atom is -0.506 e. The lowest BCUT2D eigenvalue weighted by Crippen LogP contribution is -2.52. The molecule has 1 spiro atoms. The topological polar surface area (TPSA) is 33.2 Å². The Labute approximate surface area is 337 Å². The molecule has 1 saturated heterocycles. The first-order valence-corrected chi connectivity index (χ1v) is 21.5. The van der Waals surface area contributed by atoms with Crippen molar-refractivity contribution in [1.29, 1.82) is 0 Å². The molecule has 0 atom stereocenters. The molecule has 0 radical (unpaired) electrons. The van der Waals surface area contributed by atoms with Gasteiger partial charge in [-0.15, -0.1) is 0 Å². The van der Waals surface area contributed by atoms with Gasteiger partial charge < -0.3 is 24.7 Å². The van der Waals surface area contributed by atoms with Crippen molar-refractivity contribution in [1.82, 2.24) is 4.90 Å². The number of phenols is 1. The number of aromatic hydroxyl groups is 1. The summed E-state index contributed by atoms with van der Waals surface area (Å²) in [6.07, 6.45) is 7.44. The number of para-hydroxylation sites is 3. The van der Waals surface area contributed by atoms with E-state index in [0.29, 0.717) is 22.0 Å². The van der Waals surface area contributed by atoms with Crippen molar-refractivity contribution in [2.75, 3.05) is 54.0 Å². The fourth-order valence-corrected chi connectivity index (χ4v) is 9.69. The van der Waals surface area contributed by atoms with Crippen LogP contribution in [0.25, 0.3) is 0 Å². The minimum absolute atomic E-state index is 0.0774. The van der Waals surface area contributed by atoms with Gasteiger partial charge in [0.15, 0.2) is 0 Å². The minimum atomic E-state index is 0.0774. The van der Waals surface area contributed by atoms with Gasteiger partial charge in [-0.2, -0.15) is 0 Å². The summed E-state index contributed by atoms with van der Waals surface area (Å²) in [5, 5.41) is 9.95. The molecule has 0 saturated carbocycles. The maximum absolute atomic E-state index is 9.95. The zero-order chi connectivity index (χ0) is 40.6. The molecule has 0 aromatic heterocycles. The van der Waals surface area contributed by atoms with E-state index in [0.717, 1.165) is 25.2 Å². The number of hydrogen-bond acceptors (Lipinski definition) is 5. The summed E-state index contributed by atoms with van der Waals surface area (Å²) in [6, 6.07) is 23.9. The average Bonchev–Trinajstić information content (AvgIpc) is 3.08. The summed E-state index contributed by atoms with van der Waals surface area (Å²) in [5.74, 6) is 0.419. The summed E-state index contributed by atoms with van der Waals surface area (Å²) < 4.78 is 0. The van der Waals surface area contributed by atoms with Gasteiger partial charge in [-0.05, 0) is 160 Å². The first-order valence-electron chi connectivity index (χ1n) is 21.5. The van der Waals surface area contributed by atoms with Crippen molar-refractivity contribution >= 4 is 17.1 Å². The molecule has 0 aliphatic carbocycles. The zero-order valence-electron chi connectivity index (χ0n) is 37.6. The lowest BCUT2D eigenvalue weighted by Gasteiger charge is -2.52. The highest BCUT2D eigenvalue weighted by Gasteiger charge is 2.43. The van der Waals surface area contributed by atoms with Crippen LogP contribution >= 0.6 is 0 Å². The SMILES string of the molecule is CC(C)(C)CN1CCC2(CC1)CCN(C(C)(C)C)c1ccccc12.CC(C)(C)N1CCCc2cccc(O)c21.CC1(C)CCN(C(C)(C)C)c2ccccc21. The number of aryl methyl sites for hydroxylation is 1. The molecule has 1 fully saturated rings. The van der Waals surface area contributed by atoms with E-state index < -0.39 is 0 Å². The quantitative estimate of drug-likeness (QED) is 0.268. The second-order valence-corrected chi connectivity index (χ2v) is 21.9. The van der Waals surface area contributed by atoms with Crippen LogP contribution < -0.4 is 14.7 Å². The van der Waals surface area contributed by atoms with E-state index in [4.69, 9.17) is 0 Å². The molecule has 4 aliphatic heterocycles. The predicted molar refractivity (Wildman–Crippen MR) is 240 cm³/mol. The molecule has 4 aliphatic rings. The molecule has 0 amide bonds. The normalized spacial score (nSPS) is 19.6. The van der Waals surface area contributed by atoms with Crippen molar-refractivity contribution in [3.05, 3.63) is 83.4 Å². The predicted octanol–water partition coefficient (Wildman–Crippen LogP) is 12.0. The fourth-order valence-electron chi connectivity index (χ4n) is 9.69. The number of nitrogens with zero attached hydrogens (tertiary/aromatic N) is 4. The largest absolute Gasteiger partial charge is 0.506 e. The summed E-state index contributed by atoms with van der Waals surface area (Å²) in [4.78, 5) is 10.1. The van der Waals surface area contributed by atoms with Crippen LogP contribution in [0.3, 0.4) is 0 Å². The first kappa shape index (κ1) is 43.0. The lowest BCUT2D eigenvalue weighted by molar-refractivity contribution is 0.113. The average molecular weight is 751 g/mol. The molecule has 7 rings (SSSR count). The number of piperidine rings is 1. The molecule has 0 bridgehead atoms. The van der Waals surface area contributed by atoms with Gasteiger partial charge in [0, 0.05) is 59.6 Å².